The normalized spacial score (nSPS) is 18.8. The summed E-state index contributed by atoms with van der Waals surface area (Å²) in [6.07, 6.45) is 9.20. The quantitative estimate of drug-likeness (QED) is 0.276. The first-order chi connectivity index (χ1) is 22.3. The van der Waals surface area contributed by atoms with Gasteiger partial charge in [0, 0.05) is 53.7 Å². The van der Waals surface area contributed by atoms with Crippen molar-refractivity contribution in [2.75, 3.05) is 18.4 Å². The minimum Gasteiger partial charge on any atom is -0.464 e. The average molecular weight is 621 g/mol. The average Bonchev–Trinajstić information content (AvgIpc) is 3.77. The minimum atomic E-state index is -0.856. The summed E-state index contributed by atoms with van der Waals surface area (Å²) in [6.45, 7) is 7.60. The van der Waals surface area contributed by atoms with E-state index in [-0.39, 0.29) is 29.0 Å². The van der Waals surface area contributed by atoms with Crippen molar-refractivity contribution in [3.63, 3.8) is 0 Å². The van der Waals surface area contributed by atoms with Crippen molar-refractivity contribution in [3.8, 4) is 0 Å². The maximum atomic E-state index is 13.4. The van der Waals surface area contributed by atoms with Gasteiger partial charge in [-0.25, -0.2) is 0 Å². The first-order valence-electron chi connectivity index (χ1n) is 15.8. The van der Waals surface area contributed by atoms with Gasteiger partial charge in [-0.05, 0) is 55.9 Å². The second kappa shape index (κ2) is 12.0. The van der Waals surface area contributed by atoms with Crippen LogP contribution in [0.2, 0.25) is 0 Å². The molecule has 11 nitrogen and oxygen atoms in total. The number of benzene rings is 2. The Balaban J connectivity index is 0.952. The number of fused-ring (bicyclic) bond motifs is 2. The minimum absolute atomic E-state index is 0.0997. The number of aryl methyl sites for hydroxylation is 1. The molecule has 2 aromatic heterocycles. The zero-order valence-electron chi connectivity index (χ0n) is 25.8. The number of furan rings is 1. The molecule has 7 rings (SSSR count). The zero-order chi connectivity index (χ0) is 31.9. The van der Waals surface area contributed by atoms with Crippen LogP contribution in [0.5, 0.6) is 0 Å². The predicted octanol–water partition coefficient (Wildman–Crippen LogP) is 4.60. The van der Waals surface area contributed by atoms with Crippen LogP contribution in [0.4, 0.5) is 5.69 Å². The number of piperidine rings is 2. The molecule has 3 aliphatic heterocycles. The van der Waals surface area contributed by atoms with Crippen molar-refractivity contribution in [2.45, 2.75) is 64.1 Å². The molecule has 1 atom stereocenters. The molecule has 2 fully saturated rings. The summed E-state index contributed by atoms with van der Waals surface area (Å²) >= 11 is 0. The summed E-state index contributed by atoms with van der Waals surface area (Å²) < 4.78 is 7.69. The highest BCUT2D eigenvalue weighted by atomic mass is 16.3. The van der Waals surface area contributed by atoms with Gasteiger partial charge in [0.15, 0.2) is 0 Å². The first kappa shape index (κ1) is 29.5. The predicted molar refractivity (Wildman–Crippen MR) is 171 cm³/mol. The van der Waals surface area contributed by atoms with Crippen LogP contribution in [0, 0.1) is 0 Å². The Morgan fingerprint density at radius 3 is 2.70 bits per heavy atom. The van der Waals surface area contributed by atoms with Crippen molar-refractivity contribution in [2.24, 2.45) is 0 Å². The highest BCUT2D eigenvalue weighted by Crippen LogP contribution is 2.33. The Morgan fingerprint density at radius 2 is 1.91 bits per heavy atom. The standard InChI is InChI=1S/C35H36N6O5/c1-3-22-8-9-26-24(20-46-30(26)15-22)16-31(42)39-13-11-25(12-14-39)40-19-23(18-37-40)17-36-28-6-4-5-27-32(28)35(45)41(34(27)44)29-10-7-21(2)38-33(29)43/h4-6,8-9,15,18-20,25,29,36H,2-3,7,10-14,16-17H2,1H3,(H,38,43). The molecule has 3 aliphatic rings. The van der Waals surface area contributed by atoms with Gasteiger partial charge in [-0.2, -0.15) is 5.10 Å². The molecule has 0 radical (unpaired) electrons. The van der Waals surface area contributed by atoms with Crippen molar-refractivity contribution in [1.29, 1.82) is 0 Å². The zero-order valence-corrected chi connectivity index (χ0v) is 25.8. The number of carbonyl (C=O) groups is 4. The van der Waals surface area contributed by atoms with Crippen LogP contribution in [-0.4, -0.2) is 62.3 Å². The van der Waals surface area contributed by atoms with Gasteiger partial charge in [-0.3, -0.25) is 28.8 Å². The van der Waals surface area contributed by atoms with E-state index in [2.05, 4.69) is 35.3 Å². The van der Waals surface area contributed by atoms with Gasteiger partial charge in [0.05, 0.1) is 36.0 Å². The third-order valence-electron chi connectivity index (χ3n) is 9.38. The van der Waals surface area contributed by atoms with Crippen LogP contribution in [0.25, 0.3) is 11.0 Å². The number of anilines is 1. The lowest BCUT2D eigenvalue weighted by atomic mass is 10.0. The second-order valence-corrected chi connectivity index (χ2v) is 12.3. The number of carbonyl (C=O) groups excluding carboxylic acids is 4. The molecule has 4 amide bonds. The van der Waals surface area contributed by atoms with Crippen molar-refractivity contribution in [3.05, 3.63) is 95.1 Å². The van der Waals surface area contributed by atoms with E-state index in [4.69, 9.17) is 4.42 Å². The van der Waals surface area contributed by atoms with Gasteiger partial charge in [0.2, 0.25) is 11.8 Å². The number of rotatable bonds is 8. The molecular weight excluding hydrogens is 584 g/mol. The smallest absolute Gasteiger partial charge is 0.264 e. The first-order valence-corrected chi connectivity index (χ1v) is 15.8. The number of hydrogen-bond acceptors (Lipinski definition) is 7. The van der Waals surface area contributed by atoms with Gasteiger partial charge in [0.1, 0.15) is 11.6 Å². The fourth-order valence-electron chi connectivity index (χ4n) is 6.75. The van der Waals surface area contributed by atoms with Crippen molar-refractivity contribution < 1.29 is 23.6 Å². The molecular formula is C35H36N6O5. The molecule has 0 aliphatic carbocycles. The number of hydrogen-bond donors (Lipinski definition) is 2. The monoisotopic (exact) mass is 620 g/mol. The largest absolute Gasteiger partial charge is 0.464 e. The summed E-state index contributed by atoms with van der Waals surface area (Å²) in [5.74, 6) is -1.22. The van der Waals surface area contributed by atoms with Gasteiger partial charge in [0.25, 0.3) is 11.8 Å². The summed E-state index contributed by atoms with van der Waals surface area (Å²) in [4.78, 5) is 55.3. The molecule has 0 spiro atoms. The van der Waals surface area contributed by atoms with Gasteiger partial charge in [-0.1, -0.05) is 31.7 Å². The number of imide groups is 1. The van der Waals surface area contributed by atoms with Crippen LogP contribution in [0.1, 0.15) is 76.1 Å². The Bertz CT molecular complexity index is 1880. The van der Waals surface area contributed by atoms with E-state index in [1.165, 1.54) is 5.56 Å². The van der Waals surface area contributed by atoms with Gasteiger partial charge in [-0.15, -0.1) is 0 Å². The maximum Gasteiger partial charge on any atom is 0.264 e. The lowest BCUT2D eigenvalue weighted by Crippen LogP contribution is -2.51. The van der Waals surface area contributed by atoms with E-state index in [0.29, 0.717) is 50.3 Å². The Hall–Kier alpha value is -5.19. The lowest BCUT2D eigenvalue weighted by molar-refractivity contribution is -0.131. The molecule has 236 valence electrons. The third kappa shape index (κ3) is 5.35. The second-order valence-electron chi connectivity index (χ2n) is 12.3. The van der Waals surface area contributed by atoms with Crippen molar-refractivity contribution >= 4 is 40.3 Å². The molecule has 1 unspecified atom stereocenters. The number of allylic oxidation sites excluding steroid dienone is 1. The van der Waals surface area contributed by atoms with E-state index < -0.39 is 17.9 Å². The number of aromatic nitrogens is 2. The SMILES string of the molecule is C=C1CCC(N2C(=O)c3cccc(NCc4cnn(C5CCN(C(=O)Cc6coc7cc(CC)ccc67)CC5)c4)c3C2=O)C(=O)N1. The maximum absolute atomic E-state index is 13.4. The van der Waals surface area contributed by atoms with Crippen LogP contribution >= 0.6 is 0 Å². The highest BCUT2D eigenvalue weighted by molar-refractivity contribution is 6.25. The molecule has 4 aromatic rings. The molecule has 2 aromatic carbocycles. The summed E-state index contributed by atoms with van der Waals surface area (Å²) in [7, 11) is 0. The summed E-state index contributed by atoms with van der Waals surface area (Å²) in [6, 6.07) is 10.6. The number of amides is 4. The van der Waals surface area contributed by atoms with Gasteiger partial charge >= 0.3 is 0 Å². The van der Waals surface area contributed by atoms with Crippen LogP contribution in [-0.2, 0) is 29.0 Å². The summed E-state index contributed by atoms with van der Waals surface area (Å²) in [5.41, 5.74) is 5.57. The molecule has 5 heterocycles. The highest BCUT2D eigenvalue weighted by Gasteiger charge is 2.45. The van der Waals surface area contributed by atoms with Crippen LogP contribution in [0.3, 0.4) is 0 Å². The molecule has 11 heteroatoms. The number of nitrogens with one attached hydrogen (secondary N) is 2. The number of likely N-dealkylation sites (tertiary alicyclic amines) is 1. The lowest BCUT2D eigenvalue weighted by Gasteiger charge is -2.32. The van der Waals surface area contributed by atoms with Crippen LogP contribution < -0.4 is 10.6 Å². The molecule has 0 bridgehead atoms. The topological polar surface area (TPSA) is 130 Å². The van der Waals surface area contributed by atoms with Crippen LogP contribution in [0.15, 0.2) is 71.7 Å². The van der Waals surface area contributed by atoms with Crippen molar-refractivity contribution in [1.82, 2.24) is 24.9 Å². The molecule has 2 N–H and O–H groups in total. The Labute approximate surface area is 266 Å². The van der Waals surface area contributed by atoms with E-state index in [1.54, 1.807) is 30.7 Å². The van der Waals surface area contributed by atoms with E-state index in [9.17, 15) is 19.2 Å². The van der Waals surface area contributed by atoms with Gasteiger partial charge < -0.3 is 20.0 Å². The third-order valence-corrected chi connectivity index (χ3v) is 9.38. The Morgan fingerprint density at radius 1 is 1.09 bits per heavy atom. The van der Waals surface area contributed by atoms with E-state index >= 15 is 0 Å². The molecule has 0 saturated carbocycles. The number of nitrogens with zero attached hydrogens (tertiary/aromatic N) is 4. The molecule has 2 saturated heterocycles. The Kier molecular flexibility index (Phi) is 7.67. The van der Waals surface area contributed by atoms with E-state index in [1.807, 2.05) is 27.9 Å². The fourth-order valence-corrected chi connectivity index (χ4v) is 6.75. The van der Waals surface area contributed by atoms with E-state index in [0.717, 1.165) is 46.3 Å². The molecule has 46 heavy (non-hydrogen) atoms. The summed E-state index contributed by atoms with van der Waals surface area (Å²) in [5, 5.41) is 11.6. The fraction of sp³-hybridized carbons (Fsp3) is 0.343.